The molecule has 34 heavy (non-hydrogen) atoms. The van der Waals surface area contributed by atoms with Crippen molar-refractivity contribution in [3.63, 3.8) is 0 Å². The van der Waals surface area contributed by atoms with E-state index in [1.165, 1.54) is 6.07 Å². The van der Waals surface area contributed by atoms with Gasteiger partial charge in [0.15, 0.2) is 0 Å². The van der Waals surface area contributed by atoms with Gasteiger partial charge in [-0.05, 0) is 55.9 Å². The van der Waals surface area contributed by atoms with Crippen LogP contribution in [0.25, 0.3) is 0 Å². The summed E-state index contributed by atoms with van der Waals surface area (Å²) < 4.78 is 38.3. The summed E-state index contributed by atoms with van der Waals surface area (Å²) in [6.45, 7) is 6.97. The molecule has 3 rings (SSSR count). The number of piperidine rings is 1. The Morgan fingerprint density at radius 2 is 1.79 bits per heavy atom. The van der Waals surface area contributed by atoms with Gasteiger partial charge in [0.1, 0.15) is 11.9 Å². The highest BCUT2D eigenvalue weighted by Gasteiger charge is 2.31. The number of nitrogens with zero attached hydrogens (tertiary/aromatic N) is 2. The number of anilines is 1. The molecule has 1 aromatic carbocycles. The Hall–Kier alpha value is -3.10. The lowest BCUT2D eigenvalue weighted by Crippen LogP contribution is -2.52. The summed E-state index contributed by atoms with van der Waals surface area (Å²) in [6.07, 6.45) is -1.79. The topological polar surface area (TPSA) is 74.3 Å². The zero-order chi connectivity index (χ0) is 24.9. The van der Waals surface area contributed by atoms with Crippen LogP contribution < -0.4 is 15.5 Å². The number of carbonyl (C=O) groups is 2. The Morgan fingerprint density at radius 3 is 2.35 bits per heavy atom. The molecule has 2 aromatic rings. The molecule has 0 spiro atoms. The highest BCUT2D eigenvalue weighted by Crippen LogP contribution is 2.29. The van der Waals surface area contributed by atoms with Gasteiger partial charge in [0, 0.05) is 30.9 Å². The van der Waals surface area contributed by atoms with Crippen molar-refractivity contribution in [2.24, 2.45) is 5.92 Å². The number of rotatable bonds is 7. The average molecular weight is 477 g/mol. The Morgan fingerprint density at radius 1 is 1.12 bits per heavy atom. The molecule has 0 radical (unpaired) electrons. The van der Waals surface area contributed by atoms with Crippen molar-refractivity contribution >= 4 is 17.6 Å². The lowest BCUT2D eigenvalue weighted by molar-refractivity contribution is -0.137. The van der Waals surface area contributed by atoms with E-state index in [1.807, 2.05) is 37.8 Å². The molecule has 1 unspecified atom stereocenters. The van der Waals surface area contributed by atoms with Crippen LogP contribution in [0.1, 0.15) is 54.6 Å². The molecule has 1 atom stereocenters. The molecule has 0 saturated carbocycles. The second-order valence-electron chi connectivity index (χ2n) is 9.14. The number of pyridine rings is 1. The monoisotopic (exact) mass is 476 g/mol. The fourth-order valence-corrected chi connectivity index (χ4v) is 4.06. The number of aryl methyl sites for hydroxylation is 1. The van der Waals surface area contributed by atoms with Crippen LogP contribution in [0.5, 0.6) is 0 Å². The number of halogens is 3. The highest BCUT2D eigenvalue weighted by molar-refractivity contribution is 5.98. The van der Waals surface area contributed by atoms with Crippen LogP contribution in [0, 0.1) is 12.8 Å². The third kappa shape index (κ3) is 6.71. The van der Waals surface area contributed by atoms with E-state index < -0.39 is 17.8 Å². The van der Waals surface area contributed by atoms with Crippen molar-refractivity contribution in [1.29, 1.82) is 0 Å². The summed E-state index contributed by atoms with van der Waals surface area (Å²) >= 11 is 0. The second-order valence-corrected chi connectivity index (χ2v) is 9.14. The minimum absolute atomic E-state index is 0.0803. The van der Waals surface area contributed by atoms with Crippen LogP contribution in [-0.2, 0) is 11.0 Å². The second kappa shape index (κ2) is 10.9. The number of carbonyl (C=O) groups excluding carboxylic acids is 2. The van der Waals surface area contributed by atoms with Crippen molar-refractivity contribution in [2.45, 2.75) is 58.3 Å². The fraction of sp³-hybridized carbons (Fsp3) is 0.480. The van der Waals surface area contributed by atoms with Gasteiger partial charge < -0.3 is 15.5 Å². The van der Waals surface area contributed by atoms with Gasteiger partial charge in [-0.2, -0.15) is 13.2 Å². The number of amides is 2. The molecule has 1 aromatic heterocycles. The zero-order valence-electron chi connectivity index (χ0n) is 19.7. The van der Waals surface area contributed by atoms with Gasteiger partial charge in [0.05, 0.1) is 5.56 Å². The van der Waals surface area contributed by atoms with Gasteiger partial charge in [-0.15, -0.1) is 0 Å². The van der Waals surface area contributed by atoms with E-state index in [4.69, 9.17) is 0 Å². The molecule has 0 aliphatic carbocycles. The number of hydrogen-bond acceptors (Lipinski definition) is 4. The van der Waals surface area contributed by atoms with Crippen LogP contribution in [0.3, 0.4) is 0 Å². The zero-order valence-corrected chi connectivity index (χ0v) is 19.7. The van der Waals surface area contributed by atoms with Crippen LogP contribution in [0.2, 0.25) is 0 Å². The molecule has 6 nitrogen and oxygen atoms in total. The Labute approximate surface area is 197 Å². The molecule has 9 heteroatoms. The minimum Gasteiger partial charge on any atom is -0.356 e. The first kappa shape index (κ1) is 25.5. The van der Waals surface area contributed by atoms with E-state index in [2.05, 4.69) is 15.6 Å². The van der Waals surface area contributed by atoms with Gasteiger partial charge in [-0.1, -0.05) is 32.0 Å². The molecule has 1 fully saturated rings. The molecule has 2 N–H and O–H groups in total. The molecule has 184 valence electrons. The van der Waals surface area contributed by atoms with Gasteiger partial charge >= 0.3 is 6.18 Å². The first-order valence-electron chi connectivity index (χ1n) is 11.5. The van der Waals surface area contributed by atoms with Gasteiger partial charge in [-0.25, -0.2) is 4.98 Å². The highest BCUT2D eigenvalue weighted by atomic mass is 19.4. The van der Waals surface area contributed by atoms with Crippen molar-refractivity contribution < 1.29 is 22.8 Å². The van der Waals surface area contributed by atoms with Crippen LogP contribution in [-0.4, -0.2) is 42.0 Å². The van der Waals surface area contributed by atoms with Crippen LogP contribution in [0.4, 0.5) is 19.0 Å². The molecule has 0 bridgehead atoms. The molecule has 1 aliphatic rings. The number of aromatic nitrogens is 1. The maximum Gasteiger partial charge on any atom is 0.417 e. The van der Waals surface area contributed by atoms with Crippen molar-refractivity contribution in [3.05, 3.63) is 59.3 Å². The summed E-state index contributed by atoms with van der Waals surface area (Å²) in [5.41, 5.74) is 0.608. The largest absolute Gasteiger partial charge is 0.417 e. The van der Waals surface area contributed by atoms with Gasteiger partial charge in [0.2, 0.25) is 5.91 Å². The van der Waals surface area contributed by atoms with E-state index in [9.17, 15) is 22.8 Å². The number of benzene rings is 1. The van der Waals surface area contributed by atoms with E-state index in [1.54, 1.807) is 12.1 Å². The smallest absolute Gasteiger partial charge is 0.356 e. The quantitative estimate of drug-likeness (QED) is 0.624. The number of nitrogens with one attached hydrogen (secondary N) is 2. The maximum atomic E-state index is 13.0. The first-order chi connectivity index (χ1) is 16.0. The first-order valence-corrected chi connectivity index (χ1v) is 11.5. The SMILES string of the molecule is Cc1ccccc1C(=O)NC(CC(C)C)C(=O)NC1CCN(c2ccc(C(F)(F)F)cn2)CC1. The molecule has 2 amide bonds. The Balaban J connectivity index is 1.57. The fourth-order valence-electron chi connectivity index (χ4n) is 4.06. The molecule has 1 aliphatic heterocycles. The predicted molar refractivity (Wildman–Crippen MR) is 125 cm³/mol. The number of alkyl halides is 3. The van der Waals surface area contributed by atoms with E-state index in [-0.39, 0.29) is 23.8 Å². The predicted octanol–water partition coefficient (Wildman–Crippen LogP) is 4.34. The Bertz CT molecular complexity index is 984. The minimum atomic E-state index is -4.41. The van der Waals surface area contributed by atoms with E-state index >= 15 is 0 Å². The molecule has 1 saturated heterocycles. The van der Waals surface area contributed by atoms with Crippen molar-refractivity contribution in [1.82, 2.24) is 15.6 Å². The Kier molecular flexibility index (Phi) is 8.17. The van der Waals surface area contributed by atoms with Gasteiger partial charge in [0.25, 0.3) is 5.91 Å². The summed E-state index contributed by atoms with van der Waals surface area (Å²) in [5.74, 6) is 0.199. The molecular weight excluding hydrogens is 445 g/mol. The lowest BCUT2D eigenvalue weighted by Gasteiger charge is -2.34. The van der Waals surface area contributed by atoms with Crippen LogP contribution >= 0.6 is 0 Å². The summed E-state index contributed by atoms with van der Waals surface area (Å²) in [4.78, 5) is 31.7. The summed E-state index contributed by atoms with van der Waals surface area (Å²) in [5, 5.41) is 5.93. The molecular formula is C25H31F3N4O2. The van der Waals surface area contributed by atoms with Crippen LogP contribution in [0.15, 0.2) is 42.6 Å². The normalized spacial score (nSPS) is 15.8. The third-order valence-electron chi connectivity index (χ3n) is 5.96. The maximum absolute atomic E-state index is 13.0. The van der Waals surface area contributed by atoms with E-state index in [0.717, 1.165) is 17.8 Å². The van der Waals surface area contributed by atoms with Crippen molar-refractivity contribution in [2.75, 3.05) is 18.0 Å². The standard InChI is InChI=1S/C25H31F3N4O2/c1-16(2)14-21(31-23(33)20-7-5-4-6-17(20)3)24(34)30-19-10-12-32(13-11-19)22-9-8-18(15-29-22)25(26,27)28/h4-9,15-16,19,21H,10-14H2,1-3H3,(H,30,34)(H,31,33). The average Bonchev–Trinajstić information content (AvgIpc) is 2.78. The van der Waals surface area contributed by atoms with Gasteiger partial charge in [-0.3, -0.25) is 9.59 Å². The summed E-state index contributed by atoms with van der Waals surface area (Å²) in [6, 6.07) is 8.91. The van der Waals surface area contributed by atoms with Crippen molar-refractivity contribution in [3.8, 4) is 0 Å². The third-order valence-corrected chi connectivity index (χ3v) is 5.96. The van der Waals surface area contributed by atoms with E-state index in [0.29, 0.717) is 43.7 Å². The summed E-state index contributed by atoms with van der Waals surface area (Å²) in [7, 11) is 0. The lowest BCUT2D eigenvalue weighted by atomic mass is 10.00. The number of hydrogen-bond donors (Lipinski definition) is 2. The molecule has 2 heterocycles.